The minimum atomic E-state index is -0.494. The van der Waals surface area contributed by atoms with Crippen molar-refractivity contribution in [2.45, 2.75) is 44.7 Å². The number of carbonyl (C=O) groups excluding carboxylic acids is 2. The summed E-state index contributed by atoms with van der Waals surface area (Å²) in [7, 11) is 0. The van der Waals surface area contributed by atoms with E-state index in [-0.39, 0.29) is 17.9 Å². The SMILES string of the molecule is CCCC[C@H]1NC(=O)[C@@H](Cc2cccc3ccccc23)NC1=O. The van der Waals surface area contributed by atoms with Gasteiger partial charge in [0, 0.05) is 6.42 Å². The lowest BCUT2D eigenvalue weighted by Gasteiger charge is -2.30. The molecule has 23 heavy (non-hydrogen) atoms. The van der Waals surface area contributed by atoms with Crippen LogP contribution in [0.1, 0.15) is 31.7 Å². The smallest absolute Gasteiger partial charge is 0.243 e. The third-order valence-electron chi connectivity index (χ3n) is 4.42. The molecule has 0 spiro atoms. The summed E-state index contributed by atoms with van der Waals surface area (Å²) in [5.41, 5.74) is 1.08. The highest BCUT2D eigenvalue weighted by atomic mass is 16.2. The van der Waals surface area contributed by atoms with Crippen molar-refractivity contribution in [3.63, 3.8) is 0 Å². The highest BCUT2D eigenvalue weighted by Gasteiger charge is 2.33. The number of fused-ring (bicyclic) bond motifs is 1. The van der Waals surface area contributed by atoms with Gasteiger partial charge in [-0.05, 0) is 22.8 Å². The van der Waals surface area contributed by atoms with Gasteiger partial charge in [-0.3, -0.25) is 9.59 Å². The first-order valence-corrected chi connectivity index (χ1v) is 8.26. The van der Waals surface area contributed by atoms with E-state index in [2.05, 4.69) is 35.8 Å². The average Bonchev–Trinajstić information content (AvgIpc) is 2.57. The van der Waals surface area contributed by atoms with Crippen LogP contribution in [0, 0.1) is 0 Å². The quantitative estimate of drug-likeness (QED) is 0.891. The van der Waals surface area contributed by atoms with Crippen LogP contribution >= 0.6 is 0 Å². The highest BCUT2D eigenvalue weighted by Crippen LogP contribution is 2.20. The van der Waals surface area contributed by atoms with E-state index >= 15 is 0 Å². The summed E-state index contributed by atoms with van der Waals surface area (Å²) in [6.07, 6.45) is 3.17. The van der Waals surface area contributed by atoms with Gasteiger partial charge in [-0.15, -0.1) is 0 Å². The zero-order valence-electron chi connectivity index (χ0n) is 13.3. The monoisotopic (exact) mass is 310 g/mol. The Kier molecular flexibility index (Phi) is 4.60. The first kappa shape index (κ1) is 15.5. The molecule has 1 saturated heterocycles. The summed E-state index contributed by atoms with van der Waals surface area (Å²) in [4.78, 5) is 24.5. The predicted octanol–water partition coefficient (Wildman–Crippen LogP) is 2.56. The lowest BCUT2D eigenvalue weighted by atomic mass is 9.96. The zero-order chi connectivity index (χ0) is 16.2. The van der Waals surface area contributed by atoms with Crippen molar-refractivity contribution in [2.24, 2.45) is 0 Å². The first-order valence-electron chi connectivity index (χ1n) is 8.26. The topological polar surface area (TPSA) is 58.2 Å². The van der Waals surface area contributed by atoms with Gasteiger partial charge in [-0.25, -0.2) is 0 Å². The minimum absolute atomic E-state index is 0.0664. The molecule has 2 aromatic rings. The second kappa shape index (κ2) is 6.82. The van der Waals surface area contributed by atoms with Crippen LogP contribution in [-0.2, 0) is 16.0 Å². The lowest BCUT2D eigenvalue weighted by Crippen LogP contribution is -2.62. The minimum Gasteiger partial charge on any atom is -0.343 e. The van der Waals surface area contributed by atoms with Crippen LogP contribution < -0.4 is 10.6 Å². The molecule has 2 amide bonds. The molecule has 2 aromatic carbocycles. The summed E-state index contributed by atoms with van der Waals surface area (Å²) in [5.74, 6) is -0.151. The number of hydrogen-bond donors (Lipinski definition) is 2. The predicted molar refractivity (Wildman–Crippen MR) is 91.0 cm³/mol. The van der Waals surface area contributed by atoms with Crippen molar-refractivity contribution >= 4 is 22.6 Å². The molecule has 0 aromatic heterocycles. The van der Waals surface area contributed by atoms with Gasteiger partial charge in [-0.2, -0.15) is 0 Å². The van der Waals surface area contributed by atoms with Crippen molar-refractivity contribution in [3.8, 4) is 0 Å². The maximum Gasteiger partial charge on any atom is 0.243 e. The second-order valence-corrected chi connectivity index (χ2v) is 6.11. The van der Waals surface area contributed by atoms with E-state index in [9.17, 15) is 9.59 Å². The van der Waals surface area contributed by atoms with E-state index in [0.717, 1.165) is 29.2 Å². The van der Waals surface area contributed by atoms with E-state index in [1.54, 1.807) is 0 Å². The van der Waals surface area contributed by atoms with Gasteiger partial charge in [0.25, 0.3) is 0 Å². The number of unbranched alkanes of at least 4 members (excludes halogenated alkanes) is 1. The molecule has 1 heterocycles. The fourth-order valence-corrected chi connectivity index (χ4v) is 3.12. The van der Waals surface area contributed by atoms with E-state index in [1.165, 1.54) is 0 Å². The van der Waals surface area contributed by atoms with Crippen molar-refractivity contribution in [3.05, 3.63) is 48.0 Å². The Labute approximate surface area is 136 Å². The summed E-state index contributed by atoms with van der Waals surface area (Å²) in [6, 6.07) is 13.3. The van der Waals surface area contributed by atoms with E-state index < -0.39 is 6.04 Å². The van der Waals surface area contributed by atoms with Crippen molar-refractivity contribution < 1.29 is 9.59 Å². The van der Waals surface area contributed by atoms with Crippen molar-refractivity contribution in [1.82, 2.24) is 10.6 Å². The van der Waals surface area contributed by atoms with Gasteiger partial charge in [0.05, 0.1) is 0 Å². The molecule has 0 bridgehead atoms. The molecule has 0 unspecified atom stereocenters. The fraction of sp³-hybridized carbons (Fsp3) is 0.368. The largest absolute Gasteiger partial charge is 0.343 e. The first-order chi connectivity index (χ1) is 11.2. The number of carbonyl (C=O) groups is 2. The normalized spacial score (nSPS) is 21.1. The van der Waals surface area contributed by atoms with Gasteiger partial charge in [0.15, 0.2) is 0 Å². The molecule has 0 saturated carbocycles. The highest BCUT2D eigenvalue weighted by molar-refractivity contribution is 5.97. The molecule has 2 atom stereocenters. The van der Waals surface area contributed by atoms with Crippen LogP contribution in [0.5, 0.6) is 0 Å². The Morgan fingerprint density at radius 1 is 0.913 bits per heavy atom. The van der Waals surface area contributed by atoms with Gasteiger partial charge in [0.1, 0.15) is 12.1 Å². The van der Waals surface area contributed by atoms with Crippen LogP contribution in [-0.4, -0.2) is 23.9 Å². The number of hydrogen-bond acceptors (Lipinski definition) is 2. The standard InChI is InChI=1S/C19H22N2O2/c1-2-3-11-16-18(22)21-17(19(23)20-16)12-14-9-6-8-13-7-4-5-10-15(13)14/h4-10,16-17H,2-3,11-12H2,1H3,(H,20,23)(H,21,22)/t16-,17-/m1/s1. The van der Waals surface area contributed by atoms with E-state index in [4.69, 9.17) is 0 Å². The van der Waals surface area contributed by atoms with Crippen molar-refractivity contribution in [2.75, 3.05) is 0 Å². The van der Waals surface area contributed by atoms with Crippen LogP contribution in [0.15, 0.2) is 42.5 Å². The summed E-state index contributed by atoms with van der Waals surface area (Å²) < 4.78 is 0. The van der Waals surface area contributed by atoms with Crippen LogP contribution in [0.25, 0.3) is 10.8 Å². The van der Waals surface area contributed by atoms with Crippen molar-refractivity contribution in [1.29, 1.82) is 0 Å². The third-order valence-corrected chi connectivity index (χ3v) is 4.42. The zero-order valence-corrected chi connectivity index (χ0v) is 13.3. The van der Waals surface area contributed by atoms with Gasteiger partial charge in [0.2, 0.25) is 11.8 Å². The molecule has 120 valence electrons. The molecule has 2 N–H and O–H groups in total. The molecule has 3 rings (SSSR count). The Morgan fingerprint density at radius 3 is 2.43 bits per heavy atom. The summed E-state index contributed by atoms with van der Waals surface area (Å²) >= 11 is 0. The number of nitrogens with one attached hydrogen (secondary N) is 2. The number of rotatable bonds is 5. The van der Waals surface area contributed by atoms with Crippen LogP contribution in [0.4, 0.5) is 0 Å². The number of piperazine rings is 1. The molecule has 0 radical (unpaired) electrons. The van der Waals surface area contributed by atoms with Crippen LogP contribution in [0.2, 0.25) is 0 Å². The Hall–Kier alpha value is -2.36. The molecule has 1 aliphatic rings. The number of amides is 2. The molecular formula is C19H22N2O2. The maximum atomic E-state index is 12.3. The Morgan fingerprint density at radius 2 is 1.61 bits per heavy atom. The molecule has 1 aliphatic heterocycles. The van der Waals surface area contributed by atoms with Gasteiger partial charge < -0.3 is 10.6 Å². The molecular weight excluding hydrogens is 288 g/mol. The molecule has 4 nitrogen and oxygen atoms in total. The summed E-state index contributed by atoms with van der Waals surface area (Å²) in [6.45, 7) is 2.08. The summed E-state index contributed by atoms with van der Waals surface area (Å²) in [5, 5.41) is 8.03. The third kappa shape index (κ3) is 3.36. The molecule has 1 fully saturated rings. The van der Waals surface area contributed by atoms with Gasteiger partial charge >= 0.3 is 0 Å². The average molecular weight is 310 g/mol. The molecule has 0 aliphatic carbocycles. The molecule has 4 heteroatoms. The second-order valence-electron chi connectivity index (χ2n) is 6.11. The fourth-order valence-electron chi connectivity index (χ4n) is 3.12. The lowest BCUT2D eigenvalue weighted by molar-refractivity contribution is -0.136. The maximum absolute atomic E-state index is 12.3. The van der Waals surface area contributed by atoms with Crippen LogP contribution in [0.3, 0.4) is 0 Å². The number of benzene rings is 2. The Balaban J connectivity index is 1.75. The van der Waals surface area contributed by atoms with E-state index in [1.807, 2.05) is 24.3 Å². The van der Waals surface area contributed by atoms with Gasteiger partial charge in [-0.1, -0.05) is 62.2 Å². The Bertz CT molecular complexity index is 721. The van der Waals surface area contributed by atoms with E-state index in [0.29, 0.717) is 12.8 Å².